The van der Waals surface area contributed by atoms with Gasteiger partial charge in [-0.25, -0.2) is 13.1 Å². The second kappa shape index (κ2) is 7.60. The van der Waals surface area contributed by atoms with E-state index in [0.29, 0.717) is 5.56 Å². The van der Waals surface area contributed by atoms with Crippen molar-refractivity contribution in [2.75, 3.05) is 6.54 Å². The van der Waals surface area contributed by atoms with E-state index in [-0.39, 0.29) is 29.8 Å². The first-order valence-corrected chi connectivity index (χ1v) is 10.3. The number of aryl methyl sites for hydroxylation is 3. The summed E-state index contributed by atoms with van der Waals surface area (Å²) in [7, 11) is -3.62. The highest BCUT2D eigenvalue weighted by atomic mass is 32.2. The number of fused-ring (bicyclic) bond motifs is 1. The SMILES string of the molecule is Cc1ccc(C)c(S(=O)(=O)NCCC(=O)NC2CCc3ccccc32)c1. The Hall–Kier alpha value is -2.18. The predicted molar refractivity (Wildman–Crippen MR) is 101 cm³/mol. The van der Waals surface area contributed by atoms with Gasteiger partial charge in [-0.15, -0.1) is 0 Å². The Morgan fingerprint density at radius 2 is 1.92 bits per heavy atom. The predicted octanol–water partition coefficient (Wildman–Crippen LogP) is 2.78. The number of amides is 1. The second-order valence-electron chi connectivity index (χ2n) is 6.77. The molecule has 0 fully saturated rings. The molecule has 1 amide bonds. The molecule has 0 saturated heterocycles. The molecule has 2 N–H and O–H groups in total. The Kier molecular flexibility index (Phi) is 5.44. The largest absolute Gasteiger partial charge is 0.349 e. The van der Waals surface area contributed by atoms with E-state index in [1.165, 1.54) is 5.56 Å². The van der Waals surface area contributed by atoms with Crippen LogP contribution in [0.2, 0.25) is 0 Å². The summed E-state index contributed by atoms with van der Waals surface area (Å²) in [6.45, 7) is 3.69. The Morgan fingerprint density at radius 3 is 2.73 bits per heavy atom. The first kappa shape index (κ1) is 18.6. The molecular weight excluding hydrogens is 348 g/mol. The van der Waals surface area contributed by atoms with E-state index in [9.17, 15) is 13.2 Å². The lowest BCUT2D eigenvalue weighted by molar-refractivity contribution is -0.121. The highest BCUT2D eigenvalue weighted by molar-refractivity contribution is 7.89. The van der Waals surface area contributed by atoms with Crippen molar-refractivity contribution in [2.45, 2.75) is 44.0 Å². The number of carbonyl (C=O) groups excluding carboxylic acids is 1. The van der Waals surface area contributed by atoms with E-state index in [0.717, 1.165) is 24.0 Å². The molecule has 1 aliphatic rings. The average molecular weight is 372 g/mol. The number of nitrogens with one attached hydrogen (secondary N) is 2. The molecule has 0 aliphatic heterocycles. The van der Waals surface area contributed by atoms with Crippen LogP contribution in [0.25, 0.3) is 0 Å². The molecule has 3 rings (SSSR count). The summed E-state index contributed by atoms with van der Waals surface area (Å²) in [4.78, 5) is 12.5. The van der Waals surface area contributed by atoms with Crippen molar-refractivity contribution in [3.8, 4) is 0 Å². The Balaban J connectivity index is 1.55. The molecule has 0 aromatic heterocycles. The van der Waals surface area contributed by atoms with Gasteiger partial charge in [0.05, 0.1) is 10.9 Å². The maximum Gasteiger partial charge on any atom is 0.240 e. The zero-order valence-corrected chi connectivity index (χ0v) is 15.9. The summed E-state index contributed by atoms with van der Waals surface area (Å²) in [6.07, 6.45) is 1.96. The third-order valence-electron chi connectivity index (χ3n) is 4.75. The Bertz CT molecular complexity index is 922. The minimum atomic E-state index is -3.62. The van der Waals surface area contributed by atoms with Crippen molar-refractivity contribution < 1.29 is 13.2 Å². The summed E-state index contributed by atoms with van der Waals surface area (Å²) >= 11 is 0. The van der Waals surface area contributed by atoms with Crippen LogP contribution in [0, 0.1) is 13.8 Å². The summed E-state index contributed by atoms with van der Waals surface area (Å²) in [5, 5.41) is 3.01. The summed E-state index contributed by atoms with van der Waals surface area (Å²) in [5.74, 6) is -0.143. The Morgan fingerprint density at radius 1 is 1.15 bits per heavy atom. The van der Waals surface area contributed by atoms with Crippen LogP contribution in [0.15, 0.2) is 47.4 Å². The lowest BCUT2D eigenvalue weighted by atomic mass is 10.1. The quantitative estimate of drug-likeness (QED) is 0.819. The third kappa shape index (κ3) is 4.14. The van der Waals surface area contributed by atoms with Gasteiger partial charge in [0, 0.05) is 13.0 Å². The lowest BCUT2D eigenvalue weighted by Crippen LogP contribution is -2.32. The zero-order valence-electron chi connectivity index (χ0n) is 15.1. The van der Waals surface area contributed by atoms with Crippen LogP contribution >= 0.6 is 0 Å². The van der Waals surface area contributed by atoms with Gasteiger partial charge in [0.15, 0.2) is 0 Å². The van der Waals surface area contributed by atoms with Gasteiger partial charge >= 0.3 is 0 Å². The van der Waals surface area contributed by atoms with Crippen LogP contribution in [0.3, 0.4) is 0 Å². The van der Waals surface area contributed by atoms with Gasteiger partial charge in [-0.05, 0) is 55.0 Å². The van der Waals surface area contributed by atoms with E-state index in [1.54, 1.807) is 19.1 Å². The van der Waals surface area contributed by atoms with Gasteiger partial charge in [0.25, 0.3) is 0 Å². The number of hydrogen-bond donors (Lipinski definition) is 2. The molecule has 6 heteroatoms. The van der Waals surface area contributed by atoms with Crippen LogP contribution in [-0.2, 0) is 21.2 Å². The van der Waals surface area contributed by atoms with Crippen molar-refractivity contribution in [1.82, 2.24) is 10.0 Å². The smallest absolute Gasteiger partial charge is 0.240 e. The molecule has 26 heavy (non-hydrogen) atoms. The summed E-state index contributed by atoms with van der Waals surface area (Å²) in [5.41, 5.74) is 4.01. The van der Waals surface area contributed by atoms with Crippen molar-refractivity contribution >= 4 is 15.9 Å². The number of benzene rings is 2. The molecule has 1 aliphatic carbocycles. The summed E-state index contributed by atoms with van der Waals surface area (Å²) in [6, 6.07) is 13.4. The van der Waals surface area contributed by atoms with Crippen molar-refractivity contribution in [3.05, 3.63) is 64.7 Å². The van der Waals surface area contributed by atoms with Gasteiger partial charge < -0.3 is 5.32 Å². The molecule has 0 spiro atoms. The van der Waals surface area contributed by atoms with Gasteiger partial charge in [-0.3, -0.25) is 4.79 Å². The van der Waals surface area contributed by atoms with Crippen LogP contribution in [-0.4, -0.2) is 20.9 Å². The molecule has 5 nitrogen and oxygen atoms in total. The molecule has 0 heterocycles. The van der Waals surface area contributed by atoms with E-state index in [4.69, 9.17) is 0 Å². The number of sulfonamides is 1. The maximum absolute atomic E-state index is 12.5. The van der Waals surface area contributed by atoms with E-state index in [2.05, 4.69) is 16.1 Å². The van der Waals surface area contributed by atoms with Crippen LogP contribution in [0.5, 0.6) is 0 Å². The van der Waals surface area contributed by atoms with Crippen molar-refractivity contribution in [2.24, 2.45) is 0 Å². The average Bonchev–Trinajstić information content (AvgIpc) is 3.00. The molecule has 2 aromatic carbocycles. The van der Waals surface area contributed by atoms with E-state index in [1.807, 2.05) is 31.2 Å². The fourth-order valence-electron chi connectivity index (χ4n) is 3.35. The molecule has 0 saturated carbocycles. The minimum Gasteiger partial charge on any atom is -0.349 e. The lowest BCUT2D eigenvalue weighted by Gasteiger charge is -2.14. The van der Waals surface area contributed by atoms with Crippen molar-refractivity contribution in [1.29, 1.82) is 0 Å². The fraction of sp³-hybridized carbons (Fsp3) is 0.350. The number of hydrogen-bond acceptors (Lipinski definition) is 3. The molecule has 2 aromatic rings. The van der Waals surface area contributed by atoms with Crippen LogP contribution in [0.1, 0.15) is 41.1 Å². The van der Waals surface area contributed by atoms with Crippen LogP contribution in [0.4, 0.5) is 0 Å². The first-order chi connectivity index (χ1) is 12.4. The molecular formula is C20H24N2O3S. The van der Waals surface area contributed by atoms with Gasteiger partial charge in [-0.1, -0.05) is 36.4 Å². The van der Waals surface area contributed by atoms with Crippen molar-refractivity contribution in [3.63, 3.8) is 0 Å². The van der Waals surface area contributed by atoms with Crippen LogP contribution < -0.4 is 10.0 Å². The fourth-order valence-corrected chi connectivity index (χ4v) is 4.71. The first-order valence-electron chi connectivity index (χ1n) is 8.81. The highest BCUT2D eigenvalue weighted by Crippen LogP contribution is 2.30. The maximum atomic E-state index is 12.5. The molecule has 1 unspecified atom stereocenters. The number of carbonyl (C=O) groups is 1. The highest BCUT2D eigenvalue weighted by Gasteiger charge is 2.23. The molecule has 0 radical (unpaired) electrons. The van der Waals surface area contributed by atoms with E-state index < -0.39 is 10.0 Å². The normalized spacial score (nSPS) is 16.3. The molecule has 0 bridgehead atoms. The molecule has 1 atom stereocenters. The van der Waals surface area contributed by atoms with Gasteiger partial charge in [0.1, 0.15) is 0 Å². The minimum absolute atomic E-state index is 0.0225. The van der Waals surface area contributed by atoms with Gasteiger partial charge in [-0.2, -0.15) is 0 Å². The topological polar surface area (TPSA) is 75.3 Å². The monoisotopic (exact) mass is 372 g/mol. The van der Waals surface area contributed by atoms with Gasteiger partial charge in [0.2, 0.25) is 15.9 Å². The summed E-state index contributed by atoms with van der Waals surface area (Å²) < 4.78 is 27.4. The molecule has 138 valence electrons. The van der Waals surface area contributed by atoms with E-state index >= 15 is 0 Å². The standard InChI is InChI=1S/C20H24N2O3S/c1-14-7-8-15(2)19(13-14)26(24,25)21-12-11-20(23)22-18-10-9-16-5-3-4-6-17(16)18/h3-8,13,18,21H,9-12H2,1-2H3,(H,22,23). The third-order valence-corrected chi connectivity index (χ3v) is 6.35. The zero-order chi connectivity index (χ0) is 18.7. The Labute approximate surface area is 154 Å². The number of rotatable bonds is 6. The second-order valence-corrected chi connectivity index (χ2v) is 8.51.